The Morgan fingerprint density at radius 3 is 2.71 bits per heavy atom. The van der Waals surface area contributed by atoms with Gasteiger partial charge in [0.1, 0.15) is 0 Å². The lowest BCUT2D eigenvalue weighted by atomic mass is 10.1. The number of amides is 1. The zero-order chi connectivity index (χ0) is 12.8. The maximum absolute atomic E-state index is 11.6. The number of likely N-dealkylation sites (N-methyl/N-ethyl adjacent to an activating group) is 1. The van der Waals surface area contributed by atoms with Crippen molar-refractivity contribution in [1.29, 1.82) is 0 Å². The van der Waals surface area contributed by atoms with Crippen LogP contribution < -0.4 is 10.6 Å². The van der Waals surface area contributed by atoms with Gasteiger partial charge in [-0.25, -0.2) is 0 Å². The van der Waals surface area contributed by atoms with Gasteiger partial charge in [0.25, 0.3) is 0 Å². The minimum atomic E-state index is -0.191. The lowest BCUT2D eigenvalue weighted by Crippen LogP contribution is -2.43. The van der Waals surface area contributed by atoms with Gasteiger partial charge in [0, 0.05) is 17.1 Å². The van der Waals surface area contributed by atoms with Crippen LogP contribution in [0.5, 0.6) is 0 Å². The summed E-state index contributed by atoms with van der Waals surface area (Å²) < 4.78 is 1.05. The molecule has 94 valence electrons. The molecule has 0 saturated carbocycles. The molecule has 0 aromatic heterocycles. The average Bonchev–Trinajstić information content (AvgIpc) is 2.29. The van der Waals surface area contributed by atoms with Crippen LogP contribution in [0.4, 0.5) is 0 Å². The quantitative estimate of drug-likeness (QED) is 0.877. The average molecular weight is 299 g/mol. The van der Waals surface area contributed by atoms with E-state index in [1.807, 2.05) is 32.0 Å². The molecule has 1 aromatic rings. The van der Waals surface area contributed by atoms with Crippen molar-refractivity contribution in [2.24, 2.45) is 0 Å². The van der Waals surface area contributed by atoms with E-state index in [2.05, 4.69) is 39.6 Å². The number of carbonyl (C=O) groups excluding carboxylic acids is 1. The first kappa shape index (κ1) is 14.2. The molecule has 2 N–H and O–H groups in total. The van der Waals surface area contributed by atoms with Crippen molar-refractivity contribution in [1.82, 2.24) is 10.6 Å². The van der Waals surface area contributed by atoms with E-state index in [1.165, 1.54) is 0 Å². The first-order valence-corrected chi connectivity index (χ1v) is 6.63. The van der Waals surface area contributed by atoms with Crippen molar-refractivity contribution in [2.45, 2.75) is 32.9 Å². The number of halogens is 1. The monoisotopic (exact) mass is 298 g/mol. The first-order valence-electron chi connectivity index (χ1n) is 5.83. The van der Waals surface area contributed by atoms with Crippen molar-refractivity contribution in [2.75, 3.05) is 6.54 Å². The van der Waals surface area contributed by atoms with Crippen LogP contribution >= 0.6 is 15.9 Å². The van der Waals surface area contributed by atoms with Crippen LogP contribution in [-0.4, -0.2) is 18.5 Å². The summed E-state index contributed by atoms with van der Waals surface area (Å²) in [5.41, 5.74) is 1.16. The highest BCUT2D eigenvalue weighted by atomic mass is 79.9. The fraction of sp³-hybridized carbons (Fsp3) is 0.462. The highest BCUT2D eigenvalue weighted by Gasteiger charge is 2.15. The normalized spacial score (nSPS) is 14.1. The standard InChI is InChI=1S/C13H19BrN2O/c1-4-15-13(17)10(3)16-9(2)11-6-5-7-12(14)8-11/h5-10,16H,4H2,1-3H3,(H,15,17). The van der Waals surface area contributed by atoms with Gasteiger partial charge >= 0.3 is 0 Å². The molecular formula is C13H19BrN2O. The number of rotatable bonds is 5. The smallest absolute Gasteiger partial charge is 0.236 e. The zero-order valence-electron chi connectivity index (χ0n) is 10.5. The molecule has 0 heterocycles. The number of hydrogen-bond acceptors (Lipinski definition) is 2. The molecule has 0 bridgehead atoms. The van der Waals surface area contributed by atoms with Crippen molar-refractivity contribution >= 4 is 21.8 Å². The summed E-state index contributed by atoms with van der Waals surface area (Å²) in [6.07, 6.45) is 0. The Hall–Kier alpha value is -0.870. The summed E-state index contributed by atoms with van der Waals surface area (Å²) in [6, 6.07) is 8.04. The van der Waals surface area contributed by atoms with Crippen LogP contribution in [0.25, 0.3) is 0 Å². The third-order valence-electron chi connectivity index (χ3n) is 2.59. The van der Waals surface area contributed by atoms with Gasteiger partial charge in [0.15, 0.2) is 0 Å². The molecule has 0 aliphatic rings. The summed E-state index contributed by atoms with van der Waals surface area (Å²) in [5.74, 6) is 0.0364. The predicted octanol–water partition coefficient (Wildman–Crippen LogP) is 2.62. The Morgan fingerprint density at radius 1 is 1.41 bits per heavy atom. The molecule has 4 heteroatoms. The van der Waals surface area contributed by atoms with Gasteiger partial charge in [0.05, 0.1) is 6.04 Å². The molecule has 0 radical (unpaired) electrons. The van der Waals surface area contributed by atoms with E-state index < -0.39 is 0 Å². The molecule has 0 aliphatic carbocycles. The minimum Gasteiger partial charge on any atom is -0.355 e. The van der Waals surface area contributed by atoms with Crippen molar-refractivity contribution < 1.29 is 4.79 Å². The molecule has 0 fully saturated rings. The van der Waals surface area contributed by atoms with E-state index in [1.54, 1.807) is 0 Å². The van der Waals surface area contributed by atoms with Crippen molar-refractivity contribution in [3.8, 4) is 0 Å². The zero-order valence-corrected chi connectivity index (χ0v) is 12.0. The summed E-state index contributed by atoms with van der Waals surface area (Å²) in [4.78, 5) is 11.6. The van der Waals surface area contributed by atoms with E-state index >= 15 is 0 Å². The molecule has 1 amide bonds. The highest BCUT2D eigenvalue weighted by molar-refractivity contribution is 9.10. The van der Waals surface area contributed by atoms with E-state index in [9.17, 15) is 4.79 Å². The lowest BCUT2D eigenvalue weighted by Gasteiger charge is -2.19. The molecule has 1 aromatic carbocycles. The number of carbonyl (C=O) groups is 1. The summed E-state index contributed by atoms with van der Waals surface area (Å²) in [5, 5.41) is 6.08. The van der Waals surface area contributed by atoms with E-state index in [4.69, 9.17) is 0 Å². The van der Waals surface area contributed by atoms with Gasteiger partial charge in [-0.2, -0.15) is 0 Å². The molecule has 1 rings (SSSR count). The molecule has 0 spiro atoms. The summed E-state index contributed by atoms with van der Waals surface area (Å²) in [6.45, 7) is 6.51. The van der Waals surface area contributed by atoms with Crippen molar-refractivity contribution in [3.05, 3.63) is 34.3 Å². The Bertz CT molecular complexity index is 381. The fourth-order valence-corrected chi connectivity index (χ4v) is 2.07. The van der Waals surface area contributed by atoms with Gasteiger partial charge in [-0.3, -0.25) is 10.1 Å². The van der Waals surface area contributed by atoms with Gasteiger partial charge in [-0.15, -0.1) is 0 Å². The molecule has 0 aliphatic heterocycles. The van der Waals surface area contributed by atoms with Crippen LogP contribution in [0.2, 0.25) is 0 Å². The van der Waals surface area contributed by atoms with Crippen molar-refractivity contribution in [3.63, 3.8) is 0 Å². The van der Waals surface area contributed by atoms with E-state index in [-0.39, 0.29) is 18.0 Å². The summed E-state index contributed by atoms with van der Waals surface area (Å²) >= 11 is 3.44. The third kappa shape index (κ3) is 4.48. The Morgan fingerprint density at radius 2 is 2.12 bits per heavy atom. The van der Waals surface area contributed by atoms with Gasteiger partial charge in [0.2, 0.25) is 5.91 Å². The van der Waals surface area contributed by atoms with Crippen LogP contribution in [0, 0.1) is 0 Å². The van der Waals surface area contributed by atoms with Crippen LogP contribution in [0.1, 0.15) is 32.4 Å². The maximum Gasteiger partial charge on any atom is 0.236 e. The Balaban J connectivity index is 2.60. The SMILES string of the molecule is CCNC(=O)C(C)NC(C)c1cccc(Br)c1. The van der Waals surface area contributed by atoms with Gasteiger partial charge in [-0.05, 0) is 38.5 Å². The molecule has 0 saturated heterocycles. The van der Waals surface area contributed by atoms with Crippen LogP contribution in [0.3, 0.4) is 0 Å². The van der Waals surface area contributed by atoms with E-state index in [0.29, 0.717) is 6.54 Å². The summed E-state index contributed by atoms with van der Waals surface area (Å²) in [7, 11) is 0. The number of nitrogens with one attached hydrogen (secondary N) is 2. The topological polar surface area (TPSA) is 41.1 Å². The Kier molecular flexibility index (Phi) is 5.65. The van der Waals surface area contributed by atoms with Gasteiger partial charge in [-0.1, -0.05) is 28.1 Å². The second-order valence-corrected chi connectivity index (χ2v) is 4.98. The maximum atomic E-state index is 11.6. The van der Waals surface area contributed by atoms with Crippen LogP contribution in [-0.2, 0) is 4.79 Å². The third-order valence-corrected chi connectivity index (χ3v) is 3.09. The number of benzene rings is 1. The molecule has 2 unspecified atom stereocenters. The van der Waals surface area contributed by atoms with Crippen LogP contribution in [0.15, 0.2) is 28.7 Å². The van der Waals surface area contributed by atoms with E-state index in [0.717, 1.165) is 10.0 Å². The molecular weight excluding hydrogens is 280 g/mol. The second-order valence-electron chi connectivity index (χ2n) is 4.06. The molecule has 17 heavy (non-hydrogen) atoms. The lowest BCUT2D eigenvalue weighted by molar-refractivity contribution is -0.122. The van der Waals surface area contributed by atoms with Gasteiger partial charge < -0.3 is 5.32 Å². The Labute approximate surface area is 111 Å². The highest BCUT2D eigenvalue weighted by Crippen LogP contribution is 2.18. The predicted molar refractivity (Wildman–Crippen MR) is 73.8 cm³/mol. The minimum absolute atomic E-state index is 0.0364. The second kappa shape index (κ2) is 6.77. The molecule has 3 nitrogen and oxygen atoms in total. The largest absolute Gasteiger partial charge is 0.355 e. The number of hydrogen-bond donors (Lipinski definition) is 2. The first-order chi connectivity index (χ1) is 8.04. The fourth-order valence-electron chi connectivity index (χ4n) is 1.65. The molecule has 2 atom stereocenters.